The van der Waals surface area contributed by atoms with Crippen LogP contribution in [0, 0.1) is 12.1 Å². The van der Waals surface area contributed by atoms with E-state index < -0.39 is 0 Å². The number of pyridine rings is 2. The van der Waals surface area contributed by atoms with E-state index in [1.54, 1.807) is 6.20 Å². The molecule has 3 nitrogen and oxygen atoms in total. The Morgan fingerprint density at radius 3 is 2.22 bits per heavy atom. The Morgan fingerprint density at radius 2 is 1.41 bits per heavy atom. The maximum Gasteiger partial charge on any atom is 0.0463 e. The fraction of sp³-hybridized carbons (Fsp3) is 0.0811. The average molecular weight is 706 g/mol. The Morgan fingerprint density at radius 1 is 0.634 bits per heavy atom. The predicted octanol–water partition coefficient (Wildman–Crippen LogP) is 9.37. The molecule has 0 fully saturated rings. The zero-order chi connectivity index (χ0) is 27.1. The number of hydrogen-bond donors (Lipinski definition) is 0. The molecule has 4 aromatic carbocycles. The van der Waals surface area contributed by atoms with Crippen LogP contribution in [0.15, 0.2) is 122 Å². The van der Waals surface area contributed by atoms with Crippen LogP contribution >= 0.6 is 0 Å². The van der Waals surface area contributed by atoms with Gasteiger partial charge in [-0.3, -0.25) is 4.98 Å². The third-order valence-electron chi connectivity index (χ3n) is 7.51. The first-order valence-corrected chi connectivity index (χ1v) is 13.6. The number of para-hydroxylation sites is 2. The molecule has 0 saturated heterocycles. The molecule has 0 spiro atoms. The zero-order valence-corrected chi connectivity index (χ0v) is 25.2. The van der Waals surface area contributed by atoms with Gasteiger partial charge in [0, 0.05) is 60.0 Å². The van der Waals surface area contributed by atoms with Crippen LogP contribution in [0.5, 0.6) is 0 Å². The van der Waals surface area contributed by atoms with E-state index in [0.29, 0.717) is 5.92 Å². The second-order valence-corrected chi connectivity index (χ2v) is 10.3. The summed E-state index contributed by atoms with van der Waals surface area (Å²) < 4.78 is 2.38. The van der Waals surface area contributed by atoms with Crippen LogP contribution in [0.3, 0.4) is 0 Å². The monoisotopic (exact) mass is 706 g/mol. The van der Waals surface area contributed by atoms with E-state index in [4.69, 9.17) is 0 Å². The van der Waals surface area contributed by atoms with Gasteiger partial charge in [-0.25, -0.2) is 0 Å². The van der Waals surface area contributed by atoms with E-state index in [1.807, 2.05) is 48.7 Å². The molecule has 8 aromatic rings. The van der Waals surface area contributed by atoms with Crippen molar-refractivity contribution in [3.63, 3.8) is 0 Å². The number of benzene rings is 4. The van der Waals surface area contributed by atoms with Crippen LogP contribution < -0.4 is 0 Å². The van der Waals surface area contributed by atoms with Gasteiger partial charge in [-0.05, 0) is 40.9 Å². The van der Waals surface area contributed by atoms with Crippen LogP contribution in [0.4, 0.5) is 0 Å². The number of hydrogen-bond acceptors (Lipinski definition) is 2. The summed E-state index contributed by atoms with van der Waals surface area (Å²) in [6, 6.07) is 44.4. The summed E-state index contributed by atoms with van der Waals surface area (Å²) >= 11 is 0. The summed E-state index contributed by atoms with van der Waals surface area (Å²) in [5, 5.41) is 5.03. The number of aromatic nitrogens is 3. The average Bonchev–Trinajstić information content (AvgIpc) is 3.54. The standard InChI is InChI=1S/C26H19N2.C11H8N.Ir/c1-16(2)17-12-13-27-23(15-17)18-10-11-25-22(14-18)21-8-5-7-20-19-6-3-4-9-24(19)28(25)26(20)21;1-2-6-10(7-3-1)11-8-4-5-9-12-11;/h3-13,15-16H,1-2H3;1-6,8-9H;/q2*-1;. The largest absolute Gasteiger partial charge is 0.348 e. The van der Waals surface area contributed by atoms with Crippen molar-refractivity contribution in [2.45, 2.75) is 19.8 Å². The van der Waals surface area contributed by atoms with Gasteiger partial charge in [-0.15, -0.1) is 54.1 Å². The molecule has 0 aliphatic rings. The molecule has 0 unspecified atom stereocenters. The normalized spacial score (nSPS) is 11.2. The van der Waals surface area contributed by atoms with Gasteiger partial charge in [-0.2, -0.15) is 0 Å². The maximum atomic E-state index is 4.62. The molecule has 8 rings (SSSR count). The molecule has 0 aliphatic carbocycles. The van der Waals surface area contributed by atoms with Gasteiger partial charge in [0.2, 0.25) is 0 Å². The molecular weight excluding hydrogens is 679 g/mol. The van der Waals surface area contributed by atoms with Crippen molar-refractivity contribution in [2.24, 2.45) is 0 Å². The minimum Gasteiger partial charge on any atom is -0.348 e. The molecule has 1 radical (unpaired) electrons. The quantitative estimate of drug-likeness (QED) is 0.172. The molecule has 0 aliphatic heterocycles. The molecule has 4 aromatic heterocycles. The topological polar surface area (TPSA) is 30.2 Å². The molecule has 4 heteroatoms. The van der Waals surface area contributed by atoms with E-state index in [2.05, 4.69) is 107 Å². The van der Waals surface area contributed by atoms with Crippen molar-refractivity contribution in [2.75, 3.05) is 0 Å². The minimum absolute atomic E-state index is 0. The zero-order valence-electron chi connectivity index (χ0n) is 22.8. The first kappa shape index (κ1) is 26.8. The minimum atomic E-state index is 0. The second kappa shape index (κ2) is 11.2. The Hall–Kier alpha value is -4.37. The molecule has 0 bridgehead atoms. The summed E-state index contributed by atoms with van der Waals surface area (Å²) in [5.74, 6) is 0.483. The molecule has 4 heterocycles. The molecule has 41 heavy (non-hydrogen) atoms. The van der Waals surface area contributed by atoms with Gasteiger partial charge in [0.15, 0.2) is 0 Å². The molecular formula is C37H27IrN3-2. The third kappa shape index (κ3) is 4.80. The van der Waals surface area contributed by atoms with Crippen LogP contribution in [0.2, 0.25) is 0 Å². The summed E-state index contributed by atoms with van der Waals surface area (Å²) in [4.78, 5) is 8.83. The van der Waals surface area contributed by atoms with Crippen molar-refractivity contribution in [1.29, 1.82) is 0 Å². The van der Waals surface area contributed by atoms with Gasteiger partial charge >= 0.3 is 0 Å². The number of rotatable bonds is 3. The van der Waals surface area contributed by atoms with Crippen LogP contribution in [-0.4, -0.2) is 14.4 Å². The van der Waals surface area contributed by atoms with Gasteiger partial charge in [0.05, 0.1) is 0 Å². The van der Waals surface area contributed by atoms with Crippen LogP contribution in [-0.2, 0) is 20.1 Å². The Bertz CT molecular complexity index is 2040. The van der Waals surface area contributed by atoms with Gasteiger partial charge < -0.3 is 9.38 Å². The molecule has 0 atom stereocenters. The predicted molar refractivity (Wildman–Crippen MR) is 166 cm³/mol. The van der Waals surface area contributed by atoms with Crippen molar-refractivity contribution < 1.29 is 20.1 Å². The fourth-order valence-corrected chi connectivity index (χ4v) is 5.53. The van der Waals surface area contributed by atoms with Gasteiger partial charge in [0.25, 0.3) is 0 Å². The van der Waals surface area contributed by atoms with E-state index in [9.17, 15) is 0 Å². The van der Waals surface area contributed by atoms with Crippen molar-refractivity contribution in [1.82, 2.24) is 14.4 Å². The smallest absolute Gasteiger partial charge is 0.0463 e. The summed E-state index contributed by atoms with van der Waals surface area (Å²) in [5.41, 5.74) is 9.10. The van der Waals surface area contributed by atoms with Crippen molar-refractivity contribution in [3.8, 4) is 22.5 Å². The molecule has 0 N–H and O–H groups in total. The van der Waals surface area contributed by atoms with Gasteiger partial charge in [-0.1, -0.05) is 84.8 Å². The van der Waals surface area contributed by atoms with Crippen LogP contribution in [0.1, 0.15) is 25.3 Å². The molecule has 0 saturated carbocycles. The fourth-order valence-electron chi connectivity index (χ4n) is 5.53. The Kier molecular flexibility index (Phi) is 7.36. The van der Waals surface area contributed by atoms with Gasteiger partial charge in [0.1, 0.15) is 0 Å². The van der Waals surface area contributed by atoms with Crippen LogP contribution in [0.25, 0.3) is 60.6 Å². The Labute approximate surface area is 253 Å². The maximum absolute atomic E-state index is 4.62. The molecule has 0 amide bonds. The van der Waals surface area contributed by atoms with E-state index >= 15 is 0 Å². The summed E-state index contributed by atoms with van der Waals surface area (Å²) in [7, 11) is 0. The summed E-state index contributed by atoms with van der Waals surface area (Å²) in [6.07, 6.45) is 3.69. The Balaban J connectivity index is 0.000000196. The first-order valence-electron chi connectivity index (χ1n) is 13.6. The number of fused-ring (bicyclic) bond motifs is 6. The number of nitrogens with zero attached hydrogens (tertiary/aromatic N) is 3. The third-order valence-corrected chi connectivity index (χ3v) is 7.51. The van der Waals surface area contributed by atoms with Crippen molar-refractivity contribution >= 4 is 38.1 Å². The molecule has 201 valence electrons. The SMILES string of the molecule is CC(C)c1ccnc(-c2[c-]c3c4cccc5c6ccccc6n(c3cc2)c45)c1.[Ir].[c-]1ccccc1-c1ccccn1. The van der Waals surface area contributed by atoms with Crippen molar-refractivity contribution in [3.05, 3.63) is 139 Å². The second-order valence-electron chi connectivity index (χ2n) is 10.3. The summed E-state index contributed by atoms with van der Waals surface area (Å²) in [6.45, 7) is 4.43. The van der Waals surface area contributed by atoms with E-state index in [-0.39, 0.29) is 20.1 Å². The van der Waals surface area contributed by atoms with E-state index in [1.165, 1.54) is 43.7 Å². The van der Waals surface area contributed by atoms with E-state index in [0.717, 1.165) is 22.5 Å². The first-order chi connectivity index (χ1) is 19.7.